The van der Waals surface area contributed by atoms with Gasteiger partial charge in [0, 0.05) is 12.6 Å². The Labute approximate surface area is 82.7 Å². The van der Waals surface area contributed by atoms with Gasteiger partial charge in [-0.1, -0.05) is 20.3 Å². The Morgan fingerprint density at radius 2 is 2.23 bits per heavy atom. The van der Waals surface area contributed by atoms with Crippen molar-refractivity contribution in [2.45, 2.75) is 39.2 Å². The Hall–Kier alpha value is -0.0800. The number of rotatable bonds is 5. The van der Waals surface area contributed by atoms with Crippen LogP contribution < -0.4 is 5.32 Å². The molecule has 1 N–H and O–H groups in total. The van der Waals surface area contributed by atoms with Crippen LogP contribution in [0, 0.1) is 5.92 Å². The molecule has 1 fully saturated rings. The molecule has 0 bridgehead atoms. The highest BCUT2D eigenvalue weighted by atomic mass is 15.1. The molecule has 0 aliphatic carbocycles. The monoisotopic (exact) mass is 184 g/mol. The van der Waals surface area contributed by atoms with Gasteiger partial charge in [0.05, 0.1) is 0 Å². The Morgan fingerprint density at radius 1 is 1.46 bits per heavy atom. The van der Waals surface area contributed by atoms with Gasteiger partial charge in [-0.15, -0.1) is 0 Å². The van der Waals surface area contributed by atoms with Gasteiger partial charge in [-0.3, -0.25) is 0 Å². The van der Waals surface area contributed by atoms with E-state index < -0.39 is 0 Å². The van der Waals surface area contributed by atoms with Crippen molar-refractivity contribution in [3.63, 3.8) is 0 Å². The van der Waals surface area contributed by atoms with Crippen LogP contribution in [0.25, 0.3) is 0 Å². The highest BCUT2D eigenvalue weighted by Gasteiger charge is 2.20. The number of nitrogens with zero attached hydrogens (tertiary/aromatic N) is 1. The first kappa shape index (κ1) is 11.0. The van der Waals surface area contributed by atoms with Crippen molar-refractivity contribution < 1.29 is 0 Å². The quantitative estimate of drug-likeness (QED) is 0.700. The zero-order chi connectivity index (χ0) is 9.68. The average Bonchev–Trinajstić information content (AvgIpc) is 2.48. The summed E-state index contributed by atoms with van der Waals surface area (Å²) in [4.78, 5) is 2.46. The Balaban J connectivity index is 2.09. The van der Waals surface area contributed by atoms with E-state index in [9.17, 15) is 0 Å². The fourth-order valence-corrected chi connectivity index (χ4v) is 2.05. The number of hydrogen-bond acceptors (Lipinski definition) is 2. The van der Waals surface area contributed by atoms with E-state index in [2.05, 4.69) is 31.1 Å². The smallest absolute Gasteiger partial charge is 0.0198 e. The molecule has 1 rings (SSSR count). The predicted molar refractivity (Wildman–Crippen MR) is 58.0 cm³/mol. The summed E-state index contributed by atoms with van der Waals surface area (Å²) in [7, 11) is 2.24. The van der Waals surface area contributed by atoms with Crippen molar-refractivity contribution in [2.24, 2.45) is 5.92 Å². The molecule has 2 unspecified atom stereocenters. The summed E-state index contributed by atoms with van der Waals surface area (Å²) < 4.78 is 0. The first-order valence-electron chi connectivity index (χ1n) is 5.64. The second-order valence-corrected chi connectivity index (χ2v) is 4.56. The van der Waals surface area contributed by atoms with Crippen molar-refractivity contribution in [1.82, 2.24) is 10.2 Å². The third-order valence-electron chi connectivity index (χ3n) is 2.87. The molecule has 13 heavy (non-hydrogen) atoms. The largest absolute Gasteiger partial charge is 0.312 e. The van der Waals surface area contributed by atoms with E-state index in [0.717, 1.165) is 12.0 Å². The van der Waals surface area contributed by atoms with Crippen molar-refractivity contribution >= 4 is 0 Å². The van der Waals surface area contributed by atoms with Crippen molar-refractivity contribution in [1.29, 1.82) is 0 Å². The molecule has 0 saturated carbocycles. The van der Waals surface area contributed by atoms with Crippen LogP contribution in [-0.2, 0) is 0 Å². The fourth-order valence-electron chi connectivity index (χ4n) is 2.05. The predicted octanol–water partition coefficient (Wildman–Crippen LogP) is 1.72. The molecular weight excluding hydrogens is 160 g/mol. The third-order valence-corrected chi connectivity index (χ3v) is 2.87. The van der Waals surface area contributed by atoms with E-state index in [4.69, 9.17) is 0 Å². The summed E-state index contributed by atoms with van der Waals surface area (Å²) in [5.74, 6) is 0.879. The molecule has 1 saturated heterocycles. The van der Waals surface area contributed by atoms with Crippen LogP contribution in [0.3, 0.4) is 0 Å². The standard InChI is InChI=1S/C11H24N2/c1-4-5-6-13(3)9-11-7-10(2)8-12-11/h10-12H,4-9H2,1-3H3. The highest BCUT2D eigenvalue weighted by molar-refractivity contribution is 4.80. The summed E-state index contributed by atoms with van der Waals surface area (Å²) >= 11 is 0. The Morgan fingerprint density at radius 3 is 2.77 bits per heavy atom. The van der Waals surface area contributed by atoms with Crippen molar-refractivity contribution in [2.75, 3.05) is 26.7 Å². The molecule has 0 aromatic rings. The molecule has 1 aliphatic heterocycles. The van der Waals surface area contributed by atoms with Crippen LogP contribution in [-0.4, -0.2) is 37.6 Å². The number of nitrogens with one attached hydrogen (secondary N) is 1. The van der Waals surface area contributed by atoms with Gasteiger partial charge in [0.2, 0.25) is 0 Å². The molecule has 0 spiro atoms. The maximum atomic E-state index is 3.57. The molecule has 78 valence electrons. The molecule has 2 atom stereocenters. The van der Waals surface area contributed by atoms with Crippen molar-refractivity contribution in [3.8, 4) is 0 Å². The second-order valence-electron chi connectivity index (χ2n) is 4.56. The van der Waals surface area contributed by atoms with Gasteiger partial charge in [-0.25, -0.2) is 0 Å². The van der Waals surface area contributed by atoms with Crippen LogP contribution in [0.2, 0.25) is 0 Å². The van der Waals surface area contributed by atoms with Gasteiger partial charge in [0.15, 0.2) is 0 Å². The minimum Gasteiger partial charge on any atom is -0.312 e. The molecule has 1 heterocycles. The minimum atomic E-state index is 0.747. The van der Waals surface area contributed by atoms with Crippen LogP contribution in [0.4, 0.5) is 0 Å². The summed E-state index contributed by atoms with van der Waals surface area (Å²) in [6, 6.07) is 0.747. The summed E-state index contributed by atoms with van der Waals surface area (Å²) in [5.41, 5.74) is 0. The maximum absolute atomic E-state index is 3.57. The van der Waals surface area contributed by atoms with Gasteiger partial charge in [-0.05, 0) is 38.9 Å². The first-order chi connectivity index (χ1) is 6.22. The lowest BCUT2D eigenvalue weighted by Crippen LogP contribution is -2.35. The van der Waals surface area contributed by atoms with E-state index >= 15 is 0 Å². The van der Waals surface area contributed by atoms with E-state index in [0.29, 0.717) is 0 Å². The Kier molecular flexibility index (Phi) is 4.74. The molecule has 0 radical (unpaired) electrons. The zero-order valence-electron chi connectivity index (χ0n) is 9.34. The molecular formula is C11H24N2. The topological polar surface area (TPSA) is 15.3 Å². The van der Waals surface area contributed by atoms with Crippen LogP contribution in [0.5, 0.6) is 0 Å². The normalized spacial score (nSPS) is 28.6. The Bertz CT molecular complexity index is 136. The average molecular weight is 184 g/mol. The lowest BCUT2D eigenvalue weighted by atomic mass is 10.1. The molecule has 0 amide bonds. The first-order valence-corrected chi connectivity index (χ1v) is 5.64. The zero-order valence-corrected chi connectivity index (χ0v) is 9.34. The van der Waals surface area contributed by atoms with E-state index in [-0.39, 0.29) is 0 Å². The summed E-state index contributed by atoms with van der Waals surface area (Å²) in [5, 5.41) is 3.57. The van der Waals surface area contributed by atoms with Crippen LogP contribution in [0.15, 0.2) is 0 Å². The summed E-state index contributed by atoms with van der Waals surface area (Å²) in [6.07, 6.45) is 3.99. The fraction of sp³-hybridized carbons (Fsp3) is 1.00. The van der Waals surface area contributed by atoms with E-state index in [1.807, 2.05) is 0 Å². The van der Waals surface area contributed by atoms with Crippen molar-refractivity contribution in [3.05, 3.63) is 0 Å². The van der Waals surface area contributed by atoms with Crippen LogP contribution >= 0.6 is 0 Å². The van der Waals surface area contributed by atoms with Gasteiger partial charge in [0.1, 0.15) is 0 Å². The van der Waals surface area contributed by atoms with E-state index in [1.165, 1.54) is 38.9 Å². The lowest BCUT2D eigenvalue weighted by molar-refractivity contribution is 0.294. The van der Waals surface area contributed by atoms with Crippen LogP contribution in [0.1, 0.15) is 33.1 Å². The lowest BCUT2D eigenvalue weighted by Gasteiger charge is -2.20. The number of likely N-dealkylation sites (N-methyl/N-ethyl adjacent to an activating group) is 1. The molecule has 2 heteroatoms. The SMILES string of the molecule is CCCCN(C)CC1CC(C)CN1. The number of unbranched alkanes of at least 4 members (excludes halogenated alkanes) is 1. The highest BCUT2D eigenvalue weighted by Crippen LogP contribution is 2.13. The second kappa shape index (κ2) is 5.61. The number of hydrogen-bond donors (Lipinski definition) is 1. The minimum absolute atomic E-state index is 0.747. The molecule has 2 nitrogen and oxygen atoms in total. The van der Waals surface area contributed by atoms with Gasteiger partial charge < -0.3 is 10.2 Å². The van der Waals surface area contributed by atoms with Gasteiger partial charge >= 0.3 is 0 Å². The third kappa shape index (κ3) is 4.10. The molecule has 0 aromatic carbocycles. The van der Waals surface area contributed by atoms with Gasteiger partial charge in [-0.2, -0.15) is 0 Å². The van der Waals surface area contributed by atoms with Gasteiger partial charge in [0.25, 0.3) is 0 Å². The summed E-state index contributed by atoms with van der Waals surface area (Å²) in [6.45, 7) is 8.28. The molecule has 1 aliphatic rings. The van der Waals surface area contributed by atoms with E-state index in [1.54, 1.807) is 0 Å². The molecule has 0 aromatic heterocycles. The maximum Gasteiger partial charge on any atom is 0.0198 e.